The number of hydrogen-bond acceptors (Lipinski definition) is 4. The van der Waals surface area contributed by atoms with Gasteiger partial charge >= 0.3 is 0 Å². The second-order valence-electron chi connectivity index (χ2n) is 0.204. The fraction of sp³-hybridized carbons (Fsp3) is 0. The van der Waals surface area contributed by atoms with Crippen LogP contribution in [-0.2, 0) is 9.59 Å². The molecule has 0 rings (SSSR count). The Morgan fingerprint density at radius 1 is 0.875 bits per heavy atom. The van der Waals surface area contributed by atoms with E-state index >= 15 is 0 Å². The van der Waals surface area contributed by atoms with E-state index in [9.17, 15) is 0 Å². The molecule has 8 heavy (non-hydrogen) atoms. The molecule has 0 bridgehead atoms. The monoisotopic (exact) mass is 158 g/mol. The van der Waals surface area contributed by atoms with E-state index in [0.717, 1.165) is 12.2 Å². The Hall–Kier alpha value is -0.660. The predicted octanol–water partition coefficient (Wildman–Crippen LogP) is 0.646. The van der Waals surface area contributed by atoms with Crippen LogP contribution in [0.25, 0.3) is 0 Å². The van der Waals surface area contributed by atoms with Gasteiger partial charge in [-0.2, -0.15) is 0 Å². The molecule has 0 aromatic rings. The minimum Gasteiger partial charge on any atom is -0.222 e. The van der Waals surface area contributed by atoms with Crippen LogP contribution in [0.2, 0.25) is 0 Å². The van der Waals surface area contributed by atoms with Crippen molar-refractivity contribution in [1.82, 2.24) is 0 Å². The van der Waals surface area contributed by atoms with Crippen LogP contribution in [0.1, 0.15) is 0 Å². The van der Waals surface area contributed by atoms with Crippen molar-refractivity contribution in [3.8, 4) is 0 Å². The molecule has 0 aliphatic carbocycles. The molecular weight excluding hydrogens is 155 g/mol. The lowest BCUT2D eigenvalue weighted by Crippen LogP contribution is -1.16. The molecular formula is C2H4Cl2N2O2. The van der Waals surface area contributed by atoms with Gasteiger partial charge < -0.3 is 0 Å². The molecule has 0 aromatic heterocycles. The standard InChI is InChI=1S/2CHNO.2ClH/c2*2-1-3;;/h2*2H;2*1H. The maximum atomic E-state index is 8.35. The molecule has 0 heterocycles. The maximum absolute atomic E-state index is 8.35. The number of isocyanates is 2. The molecule has 6 heteroatoms. The molecule has 2 N–H and O–H groups in total. The average molecular weight is 159 g/mol. The van der Waals surface area contributed by atoms with E-state index in [1.165, 1.54) is 0 Å². The van der Waals surface area contributed by atoms with Crippen molar-refractivity contribution in [2.45, 2.75) is 0 Å². The van der Waals surface area contributed by atoms with Crippen molar-refractivity contribution in [2.24, 2.45) is 0 Å². The molecule has 0 fully saturated rings. The van der Waals surface area contributed by atoms with Crippen molar-refractivity contribution >= 4 is 37.0 Å². The second-order valence-corrected chi connectivity index (χ2v) is 0.204. The van der Waals surface area contributed by atoms with Gasteiger partial charge in [0, 0.05) is 0 Å². The summed E-state index contributed by atoms with van der Waals surface area (Å²) in [5.74, 6) is 0. The van der Waals surface area contributed by atoms with Gasteiger partial charge in [-0.1, -0.05) is 0 Å². The summed E-state index contributed by atoms with van der Waals surface area (Å²) in [5.41, 5.74) is 0. The maximum Gasteiger partial charge on any atom is 0.231 e. The van der Waals surface area contributed by atoms with Gasteiger partial charge in [0.1, 0.15) is 0 Å². The summed E-state index contributed by atoms with van der Waals surface area (Å²) >= 11 is 0. The quantitative estimate of drug-likeness (QED) is 0.401. The van der Waals surface area contributed by atoms with Crippen molar-refractivity contribution in [2.75, 3.05) is 0 Å². The normalized spacial score (nSPS) is 2.00. The fourth-order valence-corrected chi connectivity index (χ4v) is 0. The van der Waals surface area contributed by atoms with Crippen LogP contribution in [0.5, 0.6) is 0 Å². The van der Waals surface area contributed by atoms with Crippen LogP contribution in [0.3, 0.4) is 0 Å². The Kier molecular flexibility index (Phi) is 333. The Balaban J connectivity index is -0.0000000160. The van der Waals surface area contributed by atoms with E-state index in [4.69, 9.17) is 20.4 Å². The lowest BCUT2D eigenvalue weighted by Gasteiger charge is -1.02. The second kappa shape index (κ2) is 101. The minimum absolute atomic E-state index is 0. The van der Waals surface area contributed by atoms with Gasteiger partial charge in [0.15, 0.2) is 0 Å². The summed E-state index contributed by atoms with van der Waals surface area (Å²) in [6.45, 7) is 0. The molecule has 0 spiro atoms. The third-order valence-electron chi connectivity index (χ3n) is 0. The van der Waals surface area contributed by atoms with Crippen LogP contribution < -0.4 is 0 Å². The van der Waals surface area contributed by atoms with Crippen molar-refractivity contribution in [3.05, 3.63) is 0 Å². The number of rotatable bonds is 0. The third-order valence-corrected chi connectivity index (χ3v) is 0. The van der Waals surface area contributed by atoms with E-state index in [0.29, 0.717) is 0 Å². The predicted molar refractivity (Wildman–Crippen MR) is 31.3 cm³/mol. The zero-order valence-corrected chi connectivity index (χ0v) is 5.27. The number of halogens is 2. The highest BCUT2D eigenvalue weighted by molar-refractivity contribution is 5.85. The summed E-state index contributed by atoms with van der Waals surface area (Å²) in [5, 5.41) is 10.8. The fourth-order valence-electron chi connectivity index (χ4n) is 0. The number of nitrogens with one attached hydrogen (secondary N) is 2. The highest BCUT2D eigenvalue weighted by Crippen LogP contribution is 0.871. The summed E-state index contributed by atoms with van der Waals surface area (Å²) in [6.07, 6.45) is 1.50. The SMILES string of the molecule is Cl.Cl.N=C=O.N=C=O. The molecule has 0 saturated heterocycles. The highest BCUT2D eigenvalue weighted by Gasteiger charge is 1.04. The van der Waals surface area contributed by atoms with E-state index in [-0.39, 0.29) is 24.8 Å². The molecule has 0 radical (unpaired) electrons. The molecule has 0 amide bonds. The van der Waals surface area contributed by atoms with Gasteiger partial charge in [-0.25, -0.2) is 20.4 Å². The van der Waals surface area contributed by atoms with Crippen LogP contribution in [0.4, 0.5) is 0 Å². The zero-order valence-electron chi connectivity index (χ0n) is 3.63. The minimum atomic E-state index is 0. The largest absolute Gasteiger partial charge is 0.231 e. The van der Waals surface area contributed by atoms with Gasteiger partial charge in [0.05, 0.1) is 0 Å². The lowest BCUT2D eigenvalue weighted by atomic mass is 11.7. The van der Waals surface area contributed by atoms with Crippen molar-refractivity contribution in [1.29, 1.82) is 10.8 Å². The summed E-state index contributed by atoms with van der Waals surface area (Å²) in [7, 11) is 0. The van der Waals surface area contributed by atoms with Crippen LogP contribution in [0.15, 0.2) is 0 Å². The molecule has 0 aliphatic heterocycles. The van der Waals surface area contributed by atoms with Crippen LogP contribution in [0, 0.1) is 10.8 Å². The molecule has 0 aromatic carbocycles. The van der Waals surface area contributed by atoms with Gasteiger partial charge in [-0.05, 0) is 0 Å². The van der Waals surface area contributed by atoms with Crippen LogP contribution >= 0.6 is 24.8 Å². The van der Waals surface area contributed by atoms with E-state index in [1.807, 2.05) is 0 Å². The number of carbonyl (C=O) groups excluding carboxylic acids is 2. The average Bonchev–Trinajstić information content (AvgIpc) is 1.39. The Bertz CT molecular complexity index is 70.0. The first kappa shape index (κ1) is 26.4. The van der Waals surface area contributed by atoms with Gasteiger partial charge in [-0.3, -0.25) is 0 Å². The van der Waals surface area contributed by atoms with Gasteiger partial charge in [-0.15, -0.1) is 24.8 Å². The molecule has 0 aliphatic rings. The highest BCUT2D eigenvalue weighted by atomic mass is 35.5. The first-order valence-electron chi connectivity index (χ1n) is 0.908. The first-order valence-corrected chi connectivity index (χ1v) is 0.908. The van der Waals surface area contributed by atoms with E-state index < -0.39 is 0 Å². The molecule has 0 atom stereocenters. The topological polar surface area (TPSA) is 81.8 Å². The van der Waals surface area contributed by atoms with E-state index in [1.54, 1.807) is 0 Å². The lowest BCUT2D eigenvalue weighted by molar-refractivity contribution is 0.562. The molecule has 0 saturated carbocycles. The number of hydrogen-bond donors (Lipinski definition) is 2. The Morgan fingerprint density at radius 3 is 0.875 bits per heavy atom. The third kappa shape index (κ3) is 231. The smallest absolute Gasteiger partial charge is 0.222 e. The first-order chi connectivity index (χ1) is 2.83. The molecule has 4 nitrogen and oxygen atoms in total. The van der Waals surface area contributed by atoms with Crippen LogP contribution in [-0.4, -0.2) is 12.2 Å². The summed E-state index contributed by atoms with van der Waals surface area (Å²) in [6, 6.07) is 0. The Labute approximate surface area is 58.1 Å². The molecule has 48 valence electrons. The van der Waals surface area contributed by atoms with E-state index in [2.05, 4.69) is 0 Å². The zero-order chi connectivity index (χ0) is 5.41. The Morgan fingerprint density at radius 2 is 0.875 bits per heavy atom. The molecule has 0 unspecified atom stereocenters. The summed E-state index contributed by atoms with van der Waals surface area (Å²) in [4.78, 5) is 16.7. The van der Waals surface area contributed by atoms with Gasteiger partial charge in [0.25, 0.3) is 0 Å². The summed E-state index contributed by atoms with van der Waals surface area (Å²) < 4.78 is 0. The van der Waals surface area contributed by atoms with Gasteiger partial charge in [0.2, 0.25) is 12.2 Å². The van der Waals surface area contributed by atoms with Crippen molar-refractivity contribution < 1.29 is 9.59 Å². The van der Waals surface area contributed by atoms with Crippen molar-refractivity contribution in [3.63, 3.8) is 0 Å².